The van der Waals surface area contributed by atoms with Crippen molar-refractivity contribution in [1.82, 2.24) is 25.6 Å². The van der Waals surface area contributed by atoms with E-state index in [4.69, 9.17) is 0 Å². The second-order valence-corrected chi connectivity index (χ2v) is 11.4. The van der Waals surface area contributed by atoms with Crippen LogP contribution in [0.5, 0.6) is 0 Å². The summed E-state index contributed by atoms with van der Waals surface area (Å²) in [6.45, 7) is 4.20. The van der Waals surface area contributed by atoms with E-state index in [0.717, 1.165) is 64.9 Å². The largest absolute Gasteiger partial charge is 0.361 e. The molecular formula is C28H34FN7O. The quantitative estimate of drug-likeness (QED) is 0.291. The van der Waals surface area contributed by atoms with E-state index in [0.29, 0.717) is 24.9 Å². The van der Waals surface area contributed by atoms with Crippen molar-refractivity contribution in [3.63, 3.8) is 0 Å². The number of nitrogens with zero attached hydrogens (tertiary/aromatic N) is 3. The fourth-order valence-corrected chi connectivity index (χ4v) is 7.29. The maximum Gasteiger partial charge on any atom is 0.321 e. The van der Waals surface area contributed by atoms with E-state index in [9.17, 15) is 9.18 Å². The summed E-state index contributed by atoms with van der Waals surface area (Å²) in [4.78, 5) is 30.0. The van der Waals surface area contributed by atoms with Gasteiger partial charge in [-0.15, -0.1) is 0 Å². The minimum Gasteiger partial charge on any atom is -0.361 e. The van der Waals surface area contributed by atoms with Crippen LogP contribution in [0.3, 0.4) is 0 Å². The summed E-state index contributed by atoms with van der Waals surface area (Å²) in [5, 5.41) is 10.2. The molecule has 2 heterocycles. The van der Waals surface area contributed by atoms with E-state index >= 15 is 0 Å². The number of H-pyrrole nitrogens is 1. The van der Waals surface area contributed by atoms with Crippen LogP contribution in [0.2, 0.25) is 0 Å². The number of aromatic nitrogens is 3. The highest BCUT2D eigenvalue weighted by Gasteiger charge is 2.51. The van der Waals surface area contributed by atoms with Gasteiger partial charge in [-0.3, -0.25) is 15.6 Å². The number of nitrogens with one attached hydrogen (secondary N) is 4. The number of fused-ring (bicyclic) bond motifs is 1. The molecule has 4 N–H and O–H groups in total. The first-order valence-corrected chi connectivity index (χ1v) is 13.3. The topological polar surface area (TPSA) is 107 Å². The standard InChI is InChI=1S/C28H34FN7O/c1-16-7-17(2)33-26(32-16)34-25(30-6-5-21-15-31-24-4-3-22(29)11-23(21)24)35-27(37)36-28-12-18-8-19(13-28)10-20(9-18)14-28/h3-4,7,11,15,18-20,31H,5-6,8-10,12-14H2,1-2H3,(H3,30,32,33,34,35,36,37). The molecule has 9 heteroatoms. The summed E-state index contributed by atoms with van der Waals surface area (Å²) in [6, 6.07) is 6.36. The molecule has 0 aliphatic heterocycles. The van der Waals surface area contributed by atoms with Gasteiger partial charge in [0.1, 0.15) is 5.82 Å². The summed E-state index contributed by atoms with van der Waals surface area (Å²) in [5.74, 6) is 2.64. The first-order chi connectivity index (χ1) is 17.8. The lowest BCUT2D eigenvalue weighted by molar-refractivity contribution is -0.0132. The van der Waals surface area contributed by atoms with E-state index in [1.54, 1.807) is 6.07 Å². The molecule has 4 aliphatic rings. The highest BCUT2D eigenvalue weighted by atomic mass is 19.1. The van der Waals surface area contributed by atoms with Gasteiger partial charge < -0.3 is 10.3 Å². The third kappa shape index (κ3) is 5.17. The molecule has 194 valence electrons. The van der Waals surface area contributed by atoms with Gasteiger partial charge in [-0.05, 0) is 106 Å². The smallest absolute Gasteiger partial charge is 0.321 e. The van der Waals surface area contributed by atoms with Crippen molar-refractivity contribution in [3.05, 3.63) is 53.2 Å². The van der Waals surface area contributed by atoms with Crippen LogP contribution in [0.4, 0.5) is 15.1 Å². The predicted octanol–water partition coefficient (Wildman–Crippen LogP) is 4.99. The minimum absolute atomic E-state index is 0.103. The number of amides is 2. The Kier molecular flexibility index (Phi) is 6.09. The van der Waals surface area contributed by atoms with Gasteiger partial charge in [-0.2, -0.15) is 0 Å². The summed E-state index contributed by atoms with van der Waals surface area (Å²) in [6.07, 6.45) is 9.64. The van der Waals surface area contributed by atoms with Crippen molar-refractivity contribution < 1.29 is 9.18 Å². The van der Waals surface area contributed by atoms with Gasteiger partial charge in [0.2, 0.25) is 11.9 Å². The van der Waals surface area contributed by atoms with E-state index in [1.807, 2.05) is 26.1 Å². The zero-order valence-corrected chi connectivity index (χ0v) is 21.4. The average molecular weight is 504 g/mol. The van der Waals surface area contributed by atoms with Gasteiger partial charge in [-0.1, -0.05) is 0 Å². The molecule has 2 aromatic heterocycles. The molecule has 4 fully saturated rings. The van der Waals surface area contributed by atoms with E-state index < -0.39 is 0 Å². The molecule has 4 bridgehead atoms. The van der Waals surface area contributed by atoms with Gasteiger partial charge in [0.15, 0.2) is 0 Å². The van der Waals surface area contributed by atoms with Crippen LogP contribution >= 0.6 is 0 Å². The van der Waals surface area contributed by atoms with E-state index in [2.05, 4.69) is 35.9 Å². The van der Waals surface area contributed by atoms with Crippen LogP contribution in [-0.2, 0) is 6.42 Å². The number of rotatable bonds is 5. The lowest BCUT2D eigenvalue weighted by Crippen LogP contribution is -2.62. The van der Waals surface area contributed by atoms with Crippen LogP contribution < -0.4 is 16.0 Å². The van der Waals surface area contributed by atoms with Crippen LogP contribution in [0.25, 0.3) is 10.9 Å². The van der Waals surface area contributed by atoms with E-state index in [1.165, 1.54) is 31.4 Å². The Bertz CT molecular complexity index is 1310. The van der Waals surface area contributed by atoms with Crippen molar-refractivity contribution >= 4 is 28.8 Å². The first-order valence-electron chi connectivity index (χ1n) is 13.3. The summed E-state index contributed by atoms with van der Waals surface area (Å²) in [7, 11) is 0. The molecule has 0 saturated heterocycles. The number of halogens is 1. The maximum absolute atomic E-state index is 13.8. The second-order valence-electron chi connectivity index (χ2n) is 11.4. The molecule has 4 aliphatic carbocycles. The Morgan fingerprint density at radius 1 is 1.08 bits per heavy atom. The Labute approximate surface area is 216 Å². The number of guanidine groups is 1. The second kappa shape index (κ2) is 9.43. The fraction of sp³-hybridized carbons (Fsp3) is 0.500. The van der Waals surface area contributed by atoms with Crippen molar-refractivity contribution in [2.75, 3.05) is 11.9 Å². The molecule has 3 aromatic rings. The zero-order chi connectivity index (χ0) is 25.6. The van der Waals surface area contributed by atoms with Crippen LogP contribution in [-0.4, -0.2) is 39.0 Å². The summed E-state index contributed by atoms with van der Waals surface area (Å²) in [5.41, 5.74) is 3.41. The van der Waals surface area contributed by atoms with Crippen molar-refractivity contribution in [1.29, 1.82) is 0 Å². The molecule has 0 radical (unpaired) electrons. The lowest BCUT2D eigenvalue weighted by Gasteiger charge is -2.56. The van der Waals surface area contributed by atoms with Gasteiger partial charge in [0, 0.05) is 40.6 Å². The number of aryl methyl sites for hydroxylation is 2. The monoisotopic (exact) mass is 503 g/mol. The Morgan fingerprint density at radius 2 is 1.76 bits per heavy atom. The number of hydrogen-bond donors (Lipinski definition) is 4. The number of anilines is 1. The number of benzene rings is 1. The third-order valence-electron chi connectivity index (χ3n) is 8.24. The predicted molar refractivity (Wildman–Crippen MR) is 142 cm³/mol. The fourth-order valence-electron chi connectivity index (χ4n) is 7.29. The number of carbonyl (C=O) groups is 1. The highest BCUT2D eigenvalue weighted by molar-refractivity contribution is 6.03. The van der Waals surface area contributed by atoms with Crippen LogP contribution in [0.15, 0.2) is 35.5 Å². The lowest BCUT2D eigenvalue weighted by atomic mass is 9.53. The van der Waals surface area contributed by atoms with E-state index in [-0.39, 0.29) is 17.4 Å². The van der Waals surface area contributed by atoms with Gasteiger partial charge in [-0.25, -0.2) is 19.2 Å². The van der Waals surface area contributed by atoms with Gasteiger partial charge in [0.25, 0.3) is 0 Å². The molecule has 0 atom stereocenters. The Hall–Kier alpha value is -3.49. The molecule has 8 nitrogen and oxygen atoms in total. The van der Waals surface area contributed by atoms with Gasteiger partial charge in [0.05, 0.1) is 0 Å². The SMILES string of the molecule is Cc1cc(C)nc(NC(=NCCc2c[nH]c3ccc(F)cc23)NC(=O)NC23CC4CC(CC(C4)C2)C3)n1. The molecule has 1 aromatic carbocycles. The summed E-state index contributed by atoms with van der Waals surface area (Å²) >= 11 is 0. The highest BCUT2D eigenvalue weighted by Crippen LogP contribution is 2.55. The maximum atomic E-state index is 13.8. The van der Waals surface area contributed by atoms with Crippen LogP contribution in [0.1, 0.15) is 55.5 Å². The molecule has 0 unspecified atom stereocenters. The van der Waals surface area contributed by atoms with Crippen LogP contribution in [0, 0.1) is 37.4 Å². The van der Waals surface area contributed by atoms with Crippen molar-refractivity contribution in [3.8, 4) is 0 Å². The number of aromatic amines is 1. The Morgan fingerprint density at radius 3 is 2.43 bits per heavy atom. The molecular weight excluding hydrogens is 469 g/mol. The number of hydrogen-bond acceptors (Lipinski definition) is 4. The number of carbonyl (C=O) groups excluding carboxylic acids is 1. The van der Waals surface area contributed by atoms with Gasteiger partial charge >= 0.3 is 6.03 Å². The molecule has 2 amide bonds. The average Bonchev–Trinajstić information content (AvgIpc) is 3.19. The first kappa shape index (κ1) is 23.9. The Balaban J connectivity index is 1.18. The third-order valence-corrected chi connectivity index (χ3v) is 8.24. The normalized spacial score (nSPS) is 26.5. The summed E-state index contributed by atoms with van der Waals surface area (Å²) < 4.78 is 13.8. The van der Waals surface area contributed by atoms with Crippen molar-refractivity contribution in [2.45, 2.75) is 64.3 Å². The number of aliphatic imine (C=N–C) groups is 1. The molecule has 0 spiro atoms. The minimum atomic E-state index is -0.269. The molecule has 4 saturated carbocycles. The van der Waals surface area contributed by atoms with Crippen molar-refractivity contribution in [2.24, 2.45) is 22.7 Å². The molecule has 37 heavy (non-hydrogen) atoms. The zero-order valence-electron chi connectivity index (χ0n) is 21.4. The number of urea groups is 1. The molecule has 7 rings (SSSR count).